The first-order valence-corrected chi connectivity index (χ1v) is 4.33. The van der Waals surface area contributed by atoms with Gasteiger partial charge in [0.1, 0.15) is 6.61 Å². The summed E-state index contributed by atoms with van der Waals surface area (Å²) in [6, 6.07) is 3.94. The molecule has 0 bridgehead atoms. The fourth-order valence-corrected chi connectivity index (χ4v) is 0.896. The average molecular weight is 178 g/mol. The molecule has 1 aromatic heterocycles. The van der Waals surface area contributed by atoms with Crippen molar-refractivity contribution in [1.82, 2.24) is 4.98 Å². The van der Waals surface area contributed by atoms with Crippen molar-refractivity contribution in [3.05, 3.63) is 29.6 Å². The van der Waals surface area contributed by atoms with Crippen molar-refractivity contribution in [1.29, 1.82) is 0 Å². The number of hydrogen-bond donors (Lipinski definition) is 0. The molecule has 0 aliphatic heterocycles. The number of aromatic nitrogens is 1. The summed E-state index contributed by atoms with van der Waals surface area (Å²) in [5, 5.41) is 3.92. The molecule has 0 spiro atoms. The minimum atomic E-state index is 0.594. The molecule has 3 heteroatoms. The molecular weight excluding hydrogens is 164 g/mol. The molecule has 0 aliphatic carbocycles. The minimum absolute atomic E-state index is 0.594. The first kappa shape index (κ1) is 9.71. The van der Waals surface area contributed by atoms with Crippen molar-refractivity contribution in [3.8, 4) is 0 Å². The van der Waals surface area contributed by atoms with Gasteiger partial charge >= 0.3 is 0 Å². The molecule has 0 N–H and O–H groups in total. The van der Waals surface area contributed by atoms with Gasteiger partial charge in [0.25, 0.3) is 0 Å². The van der Waals surface area contributed by atoms with Crippen molar-refractivity contribution in [3.63, 3.8) is 0 Å². The number of nitrogens with zero attached hydrogens (tertiary/aromatic N) is 2. The molecule has 1 aromatic rings. The summed E-state index contributed by atoms with van der Waals surface area (Å²) < 4.78 is 0. The van der Waals surface area contributed by atoms with Crippen molar-refractivity contribution in [2.45, 2.75) is 20.8 Å². The van der Waals surface area contributed by atoms with E-state index in [4.69, 9.17) is 4.84 Å². The topological polar surface area (TPSA) is 34.5 Å². The van der Waals surface area contributed by atoms with E-state index < -0.39 is 0 Å². The normalized spacial score (nSPS) is 11.5. The highest BCUT2D eigenvalue weighted by Crippen LogP contribution is 2.01. The maximum Gasteiger partial charge on any atom is 0.114 e. The summed E-state index contributed by atoms with van der Waals surface area (Å²) >= 11 is 0. The summed E-state index contributed by atoms with van der Waals surface area (Å²) in [6.07, 6.45) is 1.80. The third kappa shape index (κ3) is 2.86. The summed E-state index contributed by atoms with van der Waals surface area (Å²) in [5.74, 6) is 0. The summed E-state index contributed by atoms with van der Waals surface area (Å²) in [7, 11) is 0. The average Bonchev–Trinajstić information content (AvgIpc) is 2.15. The van der Waals surface area contributed by atoms with Gasteiger partial charge in [-0.2, -0.15) is 0 Å². The lowest BCUT2D eigenvalue weighted by Crippen LogP contribution is -1.97. The van der Waals surface area contributed by atoms with Gasteiger partial charge in [0.2, 0.25) is 0 Å². The number of aryl methyl sites for hydroxylation is 1. The van der Waals surface area contributed by atoms with Gasteiger partial charge in [-0.1, -0.05) is 5.16 Å². The third-order valence-electron chi connectivity index (χ3n) is 1.66. The zero-order valence-corrected chi connectivity index (χ0v) is 8.24. The van der Waals surface area contributed by atoms with Gasteiger partial charge in [0, 0.05) is 17.5 Å². The van der Waals surface area contributed by atoms with E-state index in [2.05, 4.69) is 10.1 Å². The van der Waals surface area contributed by atoms with Crippen molar-refractivity contribution < 1.29 is 4.84 Å². The largest absolute Gasteiger partial charge is 0.396 e. The van der Waals surface area contributed by atoms with Gasteiger partial charge in [-0.3, -0.25) is 4.98 Å². The fourth-order valence-electron chi connectivity index (χ4n) is 0.896. The van der Waals surface area contributed by atoms with Crippen LogP contribution in [0.15, 0.2) is 23.5 Å². The van der Waals surface area contributed by atoms with E-state index in [1.165, 1.54) is 0 Å². The van der Waals surface area contributed by atoms with Crippen molar-refractivity contribution >= 4 is 5.71 Å². The van der Waals surface area contributed by atoms with Crippen LogP contribution in [0.2, 0.25) is 0 Å². The van der Waals surface area contributed by atoms with Crippen LogP contribution in [0, 0.1) is 6.92 Å². The molecule has 0 saturated heterocycles. The van der Waals surface area contributed by atoms with Crippen LogP contribution in [0.5, 0.6) is 0 Å². The summed E-state index contributed by atoms with van der Waals surface area (Å²) in [4.78, 5) is 9.11. The zero-order valence-electron chi connectivity index (χ0n) is 8.24. The molecule has 0 aliphatic rings. The van der Waals surface area contributed by atoms with Gasteiger partial charge in [0.05, 0.1) is 5.71 Å². The number of pyridine rings is 1. The van der Waals surface area contributed by atoms with Gasteiger partial charge in [-0.15, -0.1) is 0 Å². The Morgan fingerprint density at radius 2 is 2.31 bits per heavy atom. The van der Waals surface area contributed by atoms with Gasteiger partial charge < -0.3 is 4.84 Å². The van der Waals surface area contributed by atoms with Gasteiger partial charge in [0.15, 0.2) is 0 Å². The first-order chi connectivity index (χ1) is 6.24. The molecule has 0 radical (unpaired) electrons. The SMILES string of the molecule is CCO/N=C(/C)c1ccc(C)nc1. The minimum Gasteiger partial charge on any atom is -0.396 e. The van der Waals surface area contributed by atoms with E-state index in [-0.39, 0.29) is 0 Å². The van der Waals surface area contributed by atoms with Crippen LogP contribution in [0.3, 0.4) is 0 Å². The second kappa shape index (κ2) is 4.60. The lowest BCUT2D eigenvalue weighted by atomic mass is 10.2. The molecule has 0 unspecified atom stereocenters. The molecular formula is C10H14N2O. The molecule has 1 heterocycles. The number of oxime groups is 1. The van der Waals surface area contributed by atoms with Crippen LogP contribution in [-0.4, -0.2) is 17.3 Å². The maximum absolute atomic E-state index is 4.94. The third-order valence-corrected chi connectivity index (χ3v) is 1.66. The Bertz CT molecular complexity index is 290. The van der Waals surface area contributed by atoms with Crippen molar-refractivity contribution in [2.24, 2.45) is 5.16 Å². The molecule has 0 amide bonds. The van der Waals surface area contributed by atoms with Crippen LogP contribution in [-0.2, 0) is 4.84 Å². The lowest BCUT2D eigenvalue weighted by molar-refractivity contribution is 0.159. The summed E-state index contributed by atoms with van der Waals surface area (Å²) in [5.41, 5.74) is 2.86. The molecule has 13 heavy (non-hydrogen) atoms. The predicted molar refractivity (Wildman–Crippen MR) is 52.8 cm³/mol. The van der Waals surface area contributed by atoms with Crippen LogP contribution in [0.1, 0.15) is 25.1 Å². The van der Waals surface area contributed by atoms with E-state index >= 15 is 0 Å². The summed E-state index contributed by atoms with van der Waals surface area (Å²) in [6.45, 7) is 6.36. The van der Waals surface area contributed by atoms with E-state index in [0.29, 0.717) is 6.61 Å². The molecule has 3 nitrogen and oxygen atoms in total. The Hall–Kier alpha value is -1.38. The first-order valence-electron chi connectivity index (χ1n) is 4.33. The van der Waals surface area contributed by atoms with E-state index in [1.807, 2.05) is 32.9 Å². The maximum atomic E-state index is 4.94. The Morgan fingerprint density at radius 1 is 1.54 bits per heavy atom. The highest BCUT2D eigenvalue weighted by atomic mass is 16.6. The van der Waals surface area contributed by atoms with Gasteiger partial charge in [-0.25, -0.2) is 0 Å². The number of rotatable bonds is 3. The van der Waals surface area contributed by atoms with E-state index in [9.17, 15) is 0 Å². The second-order valence-electron chi connectivity index (χ2n) is 2.78. The van der Waals surface area contributed by atoms with Gasteiger partial charge in [-0.05, 0) is 32.9 Å². The van der Waals surface area contributed by atoms with Crippen LogP contribution >= 0.6 is 0 Å². The Morgan fingerprint density at radius 3 is 2.85 bits per heavy atom. The Balaban J connectivity index is 2.77. The fraction of sp³-hybridized carbons (Fsp3) is 0.400. The Kier molecular flexibility index (Phi) is 3.43. The zero-order chi connectivity index (χ0) is 9.68. The number of hydrogen-bond acceptors (Lipinski definition) is 3. The van der Waals surface area contributed by atoms with Crippen LogP contribution in [0.4, 0.5) is 0 Å². The Labute approximate surface area is 78.4 Å². The quantitative estimate of drug-likeness (QED) is 0.525. The highest BCUT2D eigenvalue weighted by molar-refractivity contribution is 5.97. The highest BCUT2D eigenvalue weighted by Gasteiger charge is 1.97. The smallest absolute Gasteiger partial charge is 0.114 e. The molecule has 0 fully saturated rings. The predicted octanol–water partition coefficient (Wildman–Crippen LogP) is 2.15. The van der Waals surface area contributed by atoms with E-state index in [0.717, 1.165) is 17.0 Å². The molecule has 1 rings (SSSR count). The molecule has 70 valence electrons. The van der Waals surface area contributed by atoms with Crippen LogP contribution < -0.4 is 0 Å². The van der Waals surface area contributed by atoms with Crippen LogP contribution in [0.25, 0.3) is 0 Å². The monoisotopic (exact) mass is 178 g/mol. The molecule has 0 saturated carbocycles. The molecule has 0 aromatic carbocycles. The standard InChI is InChI=1S/C10H14N2O/c1-4-13-12-9(3)10-6-5-8(2)11-7-10/h5-7H,4H2,1-3H3/b12-9-. The molecule has 0 atom stereocenters. The van der Waals surface area contributed by atoms with E-state index in [1.54, 1.807) is 6.20 Å². The lowest BCUT2D eigenvalue weighted by Gasteiger charge is -2.00. The second-order valence-corrected chi connectivity index (χ2v) is 2.78. The van der Waals surface area contributed by atoms with Crippen molar-refractivity contribution in [2.75, 3.05) is 6.61 Å².